The minimum atomic E-state index is -3.27. The zero-order valence-corrected chi connectivity index (χ0v) is 46.3. The van der Waals surface area contributed by atoms with E-state index in [4.69, 9.17) is 51.1 Å². The summed E-state index contributed by atoms with van der Waals surface area (Å²) < 4.78 is 69.8. The Balaban J connectivity index is 0.000000195. The highest BCUT2D eigenvalue weighted by atomic mass is 35.5. The van der Waals surface area contributed by atoms with E-state index in [0.29, 0.717) is 117 Å². The van der Waals surface area contributed by atoms with E-state index in [9.17, 15) is 30.8 Å². The van der Waals surface area contributed by atoms with E-state index in [1.54, 1.807) is 28.9 Å². The van der Waals surface area contributed by atoms with Crippen LogP contribution < -0.4 is 4.74 Å². The summed E-state index contributed by atoms with van der Waals surface area (Å²) in [5.41, 5.74) is 6.03. The molecule has 4 fully saturated rings. The fourth-order valence-corrected chi connectivity index (χ4v) is 12.9. The van der Waals surface area contributed by atoms with Gasteiger partial charge in [0.05, 0.1) is 39.2 Å². The zero-order chi connectivity index (χ0) is 52.5. The molecule has 0 aliphatic carbocycles. The zero-order valence-electron chi connectivity index (χ0n) is 41.7. The topological polar surface area (TPSA) is 138 Å². The molecular formula is C51H63Cl4FN8O7S2. The largest absolute Gasteiger partial charge is 0.493 e. The van der Waals surface area contributed by atoms with Gasteiger partial charge in [-0.1, -0.05) is 82.8 Å². The van der Waals surface area contributed by atoms with E-state index in [2.05, 4.69) is 35.0 Å². The summed E-state index contributed by atoms with van der Waals surface area (Å²) in [5.74, 6) is 0.770. The number of piperazine rings is 2. The highest BCUT2D eigenvalue weighted by Crippen LogP contribution is 2.38. The molecule has 0 spiro atoms. The number of halogens is 5. The van der Waals surface area contributed by atoms with Crippen LogP contribution >= 0.6 is 46.4 Å². The SMILES string of the molecule is CN(Cc1ccc2c(c1)OCC2)C1CN(C(=O)N2CCN(S(C)(=O)=O)CC2)CC1c1ccc(Cl)c(Cl)c1.Cc1cc(CN(C)C2CN(C(=O)N3CCN(S(C)(=O)=O)CC3)CC2c2ccc(Cl)c(Cl)c2)ccc1F. The standard InChI is InChI=1S/C26H32Cl2N4O4S.C25H31Cl2FN4O3S/c1-29(15-18-3-4-19-7-12-36-25(19)13-18)24-17-31(16-21(24)20-5-6-22(27)23(28)14-20)26(33)30-8-10-32(11-9-30)37(2,34)35;1-17-12-18(4-7-23(17)28)14-29(2)24-16-31(15-20(24)19-5-6-21(26)22(27)13-19)25(33)30-8-10-32(11-9-30)36(3,34)35/h3-6,13-14,21,24H,7-12,15-17H2,1-2H3;4-7,12-13,20,24H,8-11,14-16H2,1-3H3. The summed E-state index contributed by atoms with van der Waals surface area (Å²) in [7, 11) is -2.44. The number of aryl methyl sites for hydroxylation is 1. The Hall–Kier alpha value is -3.95. The maximum absolute atomic E-state index is 13.8. The predicted octanol–water partition coefficient (Wildman–Crippen LogP) is 7.56. The lowest BCUT2D eigenvalue weighted by Gasteiger charge is -2.35. The number of rotatable bonds is 10. The second kappa shape index (κ2) is 23.1. The maximum atomic E-state index is 13.8. The molecule has 5 heterocycles. The summed E-state index contributed by atoms with van der Waals surface area (Å²) in [6.45, 7) is 8.61. The fourth-order valence-electron chi connectivity index (χ4n) is 10.7. The quantitative estimate of drug-likeness (QED) is 0.158. The van der Waals surface area contributed by atoms with Crippen molar-refractivity contribution in [1.29, 1.82) is 0 Å². The van der Waals surface area contributed by atoms with Gasteiger partial charge in [0, 0.05) is 122 Å². The first kappa shape index (κ1) is 55.3. The van der Waals surface area contributed by atoms with Gasteiger partial charge in [-0.05, 0) is 90.8 Å². The second-order valence-corrected chi connectivity index (χ2v) is 25.4. The van der Waals surface area contributed by atoms with Crippen LogP contribution in [0.1, 0.15) is 45.2 Å². The van der Waals surface area contributed by atoms with Gasteiger partial charge in [0.1, 0.15) is 11.6 Å². The Bertz CT molecular complexity index is 2910. The summed E-state index contributed by atoms with van der Waals surface area (Å²) in [4.78, 5) is 38.6. The molecule has 0 saturated carbocycles. The van der Waals surface area contributed by atoms with Gasteiger partial charge in [-0.15, -0.1) is 0 Å². The van der Waals surface area contributed by atoms with Crippen molar-refractivity contribution in [2.45, 2.75) is 50.4 Å². The number of hydrogen-bond donors (Lipinski definition) is 0. The maximum Gasteiger partial charge on any atom is 0.320 e. The van der Waals surface area contributed by atoms with Crippen LogP contribution in [0.2, 0.25) is 20.1 Å². The van der Waals surface area contributed by atoms with Gasteiger partial charge in [0.2, 0.25) is 20.0 Å². The molecule has 15 nitrogen and oxygen atoms in total. The first-order valence-corrected chi connectivity index (χ1v) is 29.5. The molecule has 0 N–H and O–H groups in total. The normalized spacial score (nSPS) is 21.9. The lowest BCUT2D eigenvalue weighted by molar-refractivity contribution is 0.138. The summed E-state index contributed by atoms with van der Waals surface area (Å²) in [6.07, 6.45) is 3.35. The molecule has 4 unspecified atom stereocenters. The molecule has 396 valence electrons. The number of urea groups is 2. The summed E-state index contributed by atoms with van der Waals surface area (Å²) in [5, 5.41) is 1.94. The Morgan fingerprint density at radius 2 is 1.03 bits per heavy atom. The lowest BCUT2D eigenvalue weighted by Crippen LogP contribution is -2.53. The van der Waals surface area contributed by atoms with Crippen molar-refractivity contribution in [3.8, 4) is 5.75 Å². The number of carbonyl (C=O) groups excluding carboxylic acids is 2. The smallest absolute Gasteiger partial charge is 0.320 e. The molecule has 4 amide bonds. The summed E-state index contributed by atoms with van der Waals surface area (Å²) >= 11 is 25.0. The van der Waals surface area contributed by atoms with E-state index in [0.717, 1.165) is 41.0 Å². The van der Waals surface area contributed by atoms with Gasteiger partial charge in [-0.25, -0.2) is 30.8 Å². The third kappa shape index (κ3) is 13.2. The van der Waals surface area contributed by atoms with Crippen LogP contribution in [0.5, 0.6) is 5.75 Å². The van der Waals surface area contributed by atoms with Gasteiger partial charge in [0.15, 0.2) is 0 Å². The number of sulfonamides is 2. The minimum Gasteiger partial charge on any atom is -0.493 e. The van der Waals surface area contributed by atoms with Gasteiger partial charge < -0.3 is 24.3 Å². The average Bonchev–Trinajstić information content (AvgIpc) is 4.14. The highest BCUT2D eigenvalue weighted by Gasteiger charge is 2.42. The Morgan fingerprint density at radius 3 is 1.45 bits per heavy atom. The first-order valence-electron chi connectivity index (χ1n) is 24.3. The van der Waals surface area contributed by atoms with E-state index < -0.39 is 20.0 Å². The van der Waals surface area contributed by atoms with E-state index >= 15 is 0 Å². The molecule has 4 atom stereocenters. The molecule has 4 saturated heterocycles. The number of benzene rings is 4. The van der Waals surface area contributed by atoms with Crippen molar-refractivity contribution in [3.63, 3.8) is 0 Å². The lowest BCUT2D eigenvalue weighted by atomic mass is 9.93. The molecule has 0 bridgehead atoms. The number of fused-ring (bicyclic) bond motifs is 1. The number of carbonyl (C=O) groups is 2. The second-order valence-electron chi connectivity index (χ2n) is 19.8. The Labute approximate surface area is 449 Å². The molecule has 5 aliphatic heterocycles. The van der Waals surface area contributed by atoms with Gasteiger partial charge in [-0.2, -0.15) is 8.61 Å². The van der Waals surface area contributed by atoms with Crippen LogP contribution in [0.4, 0.5) is 14.0 Å². The Morgan fingerprint density at radius 1 is 0.589 bits per heavy atom. The molecule has 0 radical (unpaired) electrons. The van der Waals surface area contributed by atoms with Crippen molar-refractivity contribution in [2.75, 3.05) is 112 Å². The third-order valence-corrected chi connectivity index (χ3v) is 18.9. The van der Waals surface area contributed by atoms with Crippen molar-refractivity contribution >= 4 is 78.5 Å². The third-order valence-electron chi connectivity index (χ3n) is 14.8. The van der Waals surface area contributed by atoms with Crippen molar-refractivity contribution in [3.05, 3.63) is 132 Å². The molecule has 5 aliphatic rings. The fraction of sp³-hybridized carbons (Fsp3) is 0.490. The number of likely N-dealkylation sites (tertiary alicyclic amines) is 2. The molecule has 9 rings (SSSR count). The number of ether oxygens (including phenoxy) is 1. The monoisotopic (exact) mass is 1120 g/mol. The molecule has 4 aromatic rings. The van der Waals surface area contributed by atoms with Crippen LogP contribution in [0.3, 0.4) is 0 Å². The number of hydrogen-bond acceptors (Lipinski definition) is 9. The highest BCUT2D eigenvalue weighted by molar-refractivity contribution is 7.88. The van der Waals surface area contributed by atoms with Gasteiger partial charge in [0.25, 0.3) is 0 Å². The Kier molecular flexibility index (Phi) is 17.5. The van der Waals surface area contributed by atoms with E-state index in [1.807, 2.05) is 53.2 Å². The van der Waals surface area contributed by atoms with Gasteiger partial charge >= 0.3 is 12.1 Å². The molecule has 4 aromatic carbocycles. The molecule has 0 aromatic heterocycles. The molecular weight excluding hydrogens is 1060 g/mol. The van der Waals surface area contributed by atoms with Crippen LogP contribution in [0, 0.1) is 12.7 Å². The van der Waals surface area contributed by atoms with E-state index in [-0.39, 0.29) is 41.8 Å². The number of nitrogens with zero attached hydrogens (tertiary/aromatic N) is 8. The summed E-state index contributed by atoms with van der Waals surface area (Å²) in [6, 6.07) is 22.7. The van der Waals surface area contributed by atoms with Crippen LogP contribution in [0.15, 0.2) is 72.8 Å². The van der Waals surface area contributed by atoms with Crippen molar-refractivity contribution < 1.29 is 35.6 Å². The van der Waals surface area contributed by atoms with Gasteiger partial charge in [-0.3, -0.25) is 9.80 Å². The van der Waals surface area contributed by atoms with Crippen LogP contribution in [-0.2, 0) is 39.6 Å². The predicted molar refractivity (Wildman–Crippen MR) is 286 cm³/mol. The van der Waals surface area contributed by atoms with Crippen molar-refractivity contribution in [2.24, 2.45) is 0 Å². The number of amides is 4. The van der Waals surface area contributed by atoms with Crippen LogP contribution in [0.25, 0.3) is 0 Å². The first-order chi connectivity index (χ1) is 34.5. The minimum absolute atomic E-state index is 0.00569. The molecule has 73 heavy (non-hydrogen) atoms. The molecule has 22 heteroatoms. The van der Waals surface area contributed by atoms with Crippen molar-refractivity contribution in [1.82, 2.24) is 38.0 Å². The van der Waals surface area contributed by atoms with Crippen LogP contribution in [-0.4, -0.2) is 191 Å². The number of likely N-dealkylation sites (N-methyl/N-ethyl adjacent to an activating group) is 2. The van der Waals surface area contributed by atoms with E-state index in [1.165, 1.54) is 32.8 Å². The average molecular weight is 1130 g/mol.